The molecule has 0 aliphatic carbocycles. The summed E-state index contributed by atoms with van der Waals surface area (Å²) in [5, 5.41) is 14.4. The zero-order valence-corrected chi connectivity index (χ0v) is 14.1. The van der Waals surface area contributed by atoms with Crippen LogP contribution in [0.1, 0.15) is 25.3 Å². The molecule has 1 saturated heterocycles. The van der Waals surface area contributed by atoms with Crippen LogP contribution in [0.5, 0.6) is 0 Å². The van der Waals surface area contributed by atoms with Gasteiger partial charge in [0.25, 0.3) is 5.69 Å². The lowest BCUT2D eigenvalue weighted by molar-refractivity contribution is -0.385. The molecule has 5 nitrogen and oxygen atoms in total. The van der Waals surface area contributed by atoms with Crippen molar-refractivity contribution in [2.75, 3.05) is 26.7 Å². The predicted molar refractivity (Wildman–Crippen MR) is 87.3 cm³/mol. The van der Waals surface area contributed by atoms with Gasteiger partial charge in [-0.3, -0.25) is 10.1 Å². The summed E-state index contributed by atoms with van der Waals surface area (Å²) in [6, 6.07) is 5.29. The van der Waals surface area contributed by atoms with Crippen molar-refractivity contribution in [1.29, 1.82) is 0 Å². The number of nitro benzene ring substituents is 1. The van der Waals surface area contributed by atoms with Gasteiger partial charge in [0, 0.05) is 19.2 Å². The maximum atomic E-state index is 10.9. The maximum Gasteiger partial charge on any atom is 0.283 e. The number of nitrogens with zero attached hydrogens (tertiary/aromatic N) is 2. The van der Waals surface area contributed by atoms with Crippen LogP contribution < -0.4 is 5.32 Å². The lowest BCUT2D eigenvalue weighted by Gasteiger charge is -2.38. The Balaban J connectivity index is 1.89. The zero-order valence-electron chi connectivity index (χ0n) is 12.6. The fourth-order valence-electron chi connectivity index (χ4n) is 2.65. The van der Waals surface area contributed by atoms with Crippen LogP contribution in [0, 0.1) is 15.5 Å². The lowest BCUT2D eigenvalue weighted by atomic mass is 9.80. The Hall–Kier alpha value is -0.980. The van der Waals surface area contributed by atoms with E-state index in [0.717, 1.165) is 25.2 Å². The number of benzene rings is 1. The van der Waals surface area contributed by atoms with Gasteiger partial charge in [0.1, 0.15) is 0 Å². The molecule has 1 aromatic carbocycles. The van der Waals surface area contributed by atoms with Crippen molar-refractivity contribution in [3.63, 3.8) is 0 Å². The van der Waals surface area contributed by atoms with Gasteiger partial charge in [-0.05, 0) is 66.0 Å². The van der Waals surface area contributed by atoms with Crippen LogP contribution in [-0.2, 0) is 6.54 Å². The predicted octanol–water partition coefficient (Wildman–Crippen LogP) is 3.18. The summed E-state index contributed by atoms with van der Waals surface area (Å²) in [6.07, 6.45) is 2.38. The van der Waals surface area contributed by atoms with Gasteiger partial charge in [0.15, 0.2) is 0 Å². The highest BCUT2D eigenvalue weighted by Gasteiger charge is 2.28. The lowest BCUT2D eigenvalue weighted by Crippen LogP contribution is -2.41. The Morgan fingerprint density at radius 3 is 2.71 bits per heavy atom. The molecular formula is C15H22BrN3O2. The van der Waals surface area contributed by atoms with Crippen molar-refractivity contribution in [1.82, 2.24) is 10.2 Å². The standard InChI is InChI=1S/C15H22BrN3O2/c1-15(5-7-18(2)8-6-15)11-17-10-12-3-4-13(16)14(9-12)19(20)21/h3-4,9,17H,5-8,10-11H2,1-2H3. The summed E-state index contributed by atoms with van der Waals surface area (Å²) in [6.45, 7) is 6.21. The molecule has 1 aromatic rings. The van der Waals surface area contributed by atoms with Gasteiger partial charge >= 0.3 is 0 Å². The average Bonchev–Trinajstić information content (AvgIpc) is 2.44. The number of halogens is 1. The second kappa shape index (κ2) is 6.85. The minimum absolute atomic E-state index is 0.125. The number of rotatable bonds is 5. The van der Waals surface area contributed by atoms with E-state index in [9.17, 15) is 10.1 Å². The van der Waals surface area contributed by atoms with Crippen molar-refractivity contribution in [3.05, 3.63) is 38.3 Å². The van der Waals surface area contributed by atoms with E-state index in [2.05, 4.69) is 40.1 Å². The van der Waals surface area contributed by atoms with Crippen molar-refractivity contribution in [3.8, 4) is 0 Å². The number of hydrogen-bond donors (Lipinski definition) is 1. The molecular weight excluding hydrogens is 334 g/mol. The van der Waals surface area contributed by atoms with Gasteiger partial charge in [0.05, 0.1) is 9.40 Å². The van der Waals surface area contributed by atoms with Crippen LogP contribution in [0.4, 0.5) is 5.69 Å². The number of hydrogen-bond acceptors (Lipinski definition) is 4. The van der Waals surface area contributed by atoms with Gasteiger partial charge in [-0.2, -0.15) is 0 Å². The van der Waals surface area contributed by atoms with E-state index in [4.69, 9.17) is 0 Å². The summed E-state index contributed by atoms with van der Waals surface area (Å²) < 4.78 is 0.526. The van der Waals surface area contributed by atoms with Gasteiger partial charge in [-0.15, -0.1) is 0 Å². The minimum Gasteiger partial charge on any atom is -0.312 e. The highest BCUT2D eigenvalue weighted by atomic mass is 79.9. The Bertz CT molecular complexity index is 514. The van der Waals surface area contributed by atoms with E-state index in [0.29, 0.717) is 16.4 Å². The zero-order chi connectivity index (χ0) is 15.5. The normalized spacial score (nSPS) is 18.6. The molecule has 0 radical (unpaired) electrons. The van der Waals surface area contributed by atoms with E-state index in [1.54, 1.807) is 12.1 Å². The number of nitro groups is 1. The van der Waals surface area contributed by atoms with Crippen LogP contribution in [0.3, 0.4) is 0 Å². The third-order valence-electron chi connectivity index (χ3n) is 4.28. The molecule has 6 heteroatoms. The van der Waals surface area contributed by atoms with Crippen molar-refractivity contribution >= 4 is 21.6 Å². The molecule has 0 unspecified atom stereocenters. The van der Waals surface area contributed by atoms with Crippen LogP contribution >= 0.6 is 15.9 Å². The van der Waals surface area contributed by atoms with Crippen LogP contribution in [0.2, 0.25) is 0 Å². The number of nitrogens with one attached hydrogen (secondary N) is 1. The first-order chi connectivity index (χ1) is 9.89. The number of likely N-dealkylation sites (tertiary alicyclic amines) is 1. The fourth-order valence-corrected chi connectivity index (χ4v) is 3.04. The topological polar surface area (TPSA) is 58.4 Å². The molecule has 0 atom stereocenters. The molecule has 1 aliphatic heterocycles. The second-order valence-electron chi connectivity index (χ2n) is 6.26. The van der Waals surface area contributed by atoms with E-state index in [-0.39, 0.29) is 10.6 Å². The summed E-state index contributed by atoms with van der Waals surface area (Å²) in [4.78, 5) is 12.9. The van der Waals surface area contributed by atoms with Crippen LogP contribution in [-0.4, -0.2) is 36.5 Å². The summed E-state index contributed by atoms with van der Waals surface area (Å²) in [5.41, 5.74) is 1.40. The molecule has 1 N–H and O–H groups in total. The first-order valence-electron chi connectivity index (χ1n) is 7.22. The quantitative estimate of drug-likeness (QED) is 0.650. The molecule has 0 aromatic heterocycles. The van der Waals surface area contributed by atoms with Crippen molar-refractivity contribution in [2.45, 2.75) is 26.3 Å². The van der Waals surface area contributed by atoms with Crippen LogP contribution in [0.25, 0.3) is 0 Å². The Labute approximate surface area is 134 Å². The largest absolute Gasteiger partial charge is 0.312 e. The average molecular weight is 356 g/mol. The molecule has 1 heterocycles. The first-order valence-corrected chi connectivity index (χ1v) is 8.01. The summed E-state index contributed by atoms with van der Waals surface area (Å²) in [5.74, 6) is 0. The van der Waals surface area contributed by atoms with Crippen LogP contribution in [0.15, 0.2) is 22.7 Å². The smallest absolute Gasteiger partial charge is 0.283 e. The molecule has 0 spiro atoms. The SMILES string of the molecule is CN1CCC(C)(CNCc2ccc(Br)c([N+](=O)[O-])c2)CC1. The minimum atomic E-state index is -0.355. The van der Waals surface area contributed by atoms with Gasteiger partial charge in [-0.25, -0.2) is 0 Å². The Morgan fingerprint density at radius 1 is 1.43 bits per heavy atom. The highest BCUT2D eigenvalue weighted by molar-refractivity contribution is 9.10. The van der Waals surface area contributed by atoms with E-state index in [1.807, 2.05) is 6.07 Å². The maximum absolute atomic E-state index is 10.9. The third kappa shape index (κ3) is 4.49. The molecule has 116 valence electrons. The molecule has 0 saturated carbocycles. The molecule has 1 aliphatic rings. The second-order valence-corrected chi connectivity index (χ2v) is 7.11. The Morgan fingerprint density at radius 2 is 2.10 bits per heavy atom. The van der Waals surface area contributed by atoms with Gasteiger partial charge in [0.2, 0.25) is 0 Å². The molecule has 2 rings (SSSR count). The van der Waals surface area contributed by atoms with Gasteiger partial charge < -0.3 is 10.2 Å². The summed E-state index contributed by atoms with van der Waals surface area (Å²) >= 11 is 3.21. The van der Waals surface area contributed by atoms with E-state index in [1.165, 1.54) is 12.8 Å². The summed E-state index contributed by atoms with van der Waals surface area (Å²) in [7, 11) is 2.16. The van der Waals surface area contributed by atoms with Gasteiger partial charge in [-0.1, -0.05) is 13.0 Å². The molecule has 0 amide bonds. The third-order valence-corrected chi connectivity index (χ3v) is 4.95. The monoisotopic (exact) mass is 355 g/mol. The first kappa shape index (κ1) is 16.4. The Kier molecular flexibility index (Phi) is 5.35. The number of piperidine rings is 1. The fraction of sp³-hybridized carbons (Fsp3) is 0.600. The van der Waals surface area contributed by atoms with E-state index < -0.39 is 0 Å². The van der Waals surface area contributed by atoms with Crippen molar-refractivity contribution in [2.24, 2.45) is 5.41 Å². The van der Waals surface area contributed by atoms with E-state index >= 15 is 0 Å². The molecule has 0 bridgehead atoms. The molecule has 1 fully saturated rings. The van der Waals surface area contributed by atoms with Crippen molar-refractivity contribution < 1.29 is 4.92 Å². The molecule has 21 heavy (non-hydrogen) atoms. The highest BCUT2D eigenvalue weighted by Crippen LogP contribution is 2.30.